The Morgan fingerprint density at radius 2 is 1.76 bits per heavy atom. The van der Waals surface area contributed by atoms with Crippen LogP contribution in [0.1, 0.15) is 34.6 Å². The van der Waals surface area contributed by atoms with Crippen molar-refractivity contribution in [1.29, 1.82) is 0 Å². The predicted molar refractivity (Wildman–Crippen MR) is 63.0 cm³/mol. The quantitative estimate of drug-likeness (QED) is 0.772. The van der Waals surface area contributed by atoms with E-state index in [4.69, 9.17) is 0 Å². The van der Waals surface area contributed by atoms with E-state index in [0.717, 1.165) is 0 Å². The third-order valence-corrected chi connectivity index (χ3v) is 3.20. The zero-order valence-electron chi connectivity index (χ0n) is 11.3. The fourth-order valence-corrected chi connectivity index (χ4v) is 2.43. The van der Waals surface area contributed by atoms with Gasteiger partial charge in [0.05, 0.1) is 6.54 Å². The number of piperazine rings is 1. The van der Waals surface area contributed by atoms with E-state index in [2.05, 4.69) is 5.32 Å². The van der Waals surface area contributed by atoms with Gasteiger partial charge in [-0.1, -0.05) is 20.8 Å². The molecule has 2 nitrogen and oxygen atoms in total. The number of rotatable bonds is 1. The van der Waals surface area contributed by atoms with Crippen molar-refractivity contribution in [2.45, 2.75) is 52.4 Å². The first-order chi connectivity index (χ1) is 7.41. The Balaban J connectivity index is 2.83. The Labute approximate surface area is 102 Å². The molecule has 0 aromatic heterocycles. The van der Waals surface area contributed by atoms with Gasteiger partial charge in [-0.2, -0.15) is 13.2 Å². The van der Waals surface area contributed by atoms with Gasteiger partial charge in [0.1, 0.15) is 0 Å². The van der Waals surface area contributed by atoms with E-state index in [-0.39, 0.29) is 17.0 Å². The molecule has 0 aromatic carbocycles. The number of alkyl halides is 3. The maximum atomic E-state index is 12.6. The largest absolute Gasteiger partial charge is 0.401 e. The number of halogens is 3. The summed E-state index contributed by atoms with van der Waals surface area (Å²) in [5, 5.41) is 3.32. The van der Waals surface area contributed by atoms with Crippen LogP contribution >= 0.6 is 0 Å². The van der Waals surface area contributed by atoms with Gasteiger partial charge in [-0.05, 0) is 19.3 Å². The Kier molecular flexibility index (Phi) is 3.85. The molecule has 0 aliphatic carbocycles. The Bertz CT molecular complexity index is 264. The predicted octanol–water partition coefficient (Wildman–Crippen LogP) is 2.65. The molecule has 0 bridgehead atoms. The standard InChI is InChI=1S/C12H23F3N2/c1-10(2,3)9-6-16-11(4,5)7-17(9)8-12(13,14)15/h9,16H,6-8H2,1-5H3. The first-order valence-electron chi connectivity index (χ1n) is 5.97. The molecule has 1 aliphatic heterocycles. The van der Waals surface area contributed by atoms with Gasteiger partial charge in [-0.25, -0.2) is 0 Å². The van der Waals surface area contributed by atoms with Crippen molar-refractivity contribution in [2.75, 3.05) is 19.6 Å². The fraction of sp³-hybridized carbons (Fsp3) is 1.00. The zero-order valence-corrected chi connectivity index (χ0v) is 11.3. The van der Waals surface area contributed by atoms with E-state index in [0.29, 0.717) is 13.1 Å². The smallest absolute Gasteiger partial charge is 0.309 e. The van der Waals surface area contributed by atoms with Crippen LogP contribution in [0.25, 0.3) is 0 Å². The van der Waals surface area contributed by atoms with E-state index in [1.165, 1.54) is 0 Å². The van der Waals surface area contributed by atoms with Crippen molar-refractivity contribution >= 4 is 0 Å². The summed E-state index contributed by atoms with van der Waals surface area (Å²) in [5.41, 5.74) is -0.415. The molecule has 0 aromatic rings. The molecule has 1 fully saturated rings. The van der Waals surface area contributed by atoms with E-state index in [1.54, 1.807) is 4.90 Å². The normalized spacial score (nSPS) is 27.2. The molecular formula is C12H23F3N2. The number of hydrogen-bond donors (Lipinski definition) is 1. The SMILES string of the molecule is CC1(C)CN(CC(F)(F)F)C(C(C)(C)C)CN1. The highest BCUT2D eigenvalue weighted by Crippen LogP contribution is 2.31. The number of hydrogen-bond acceptors (Lipinski definition) is 2. The third kappa shape index (κ3) is 4.47. The highest BCUT2D eigenvalue weighted by atomic mass is 19.4. The molecule has 1 saturated heterocycles. The van der Waals surface area contributed by atoms with Gasteiger partial charge < -0.3 is 5.32 Å². The summed E-state index contributed by atoms with van der Waals surface area (Å²) in [7, 11) is 0. The summed E-state index contributed by atoms with van der Waals surface area (Å²) in [6, 6.07) is -0.0860. The molecule has 1 heterocycles. The van der Waals surface area contributed by atoms with Crippen LogP contribution in [0.5, 0.6) is 0 Å². The van der Waals surface area contributed by atoms with Gasteiger partial charge in [0.2, 0.25) is 0 Å². The molecule has 0 radical (unpaired) electrons. The molecule has 17 heavy (non-hydrogen) atoms. The Morgan fingerprint density at radius 1 is 1.24 bits per heavy atom. The molecular weight excluding hydrogens is 229 g/mol. The van der Waals surface area contributed by atoms with Crippen LogP contribution in [0.15, 0.2) is 0 Å². The molecule has 1 unspecified atom stereocenters. The van der Waals surface area contributed by atoms with Crippen LogP contribution in [-0.2, 0) is 0 Å². The topological polar surface area (TPSA) is 15.3 Å². The fourth-order valence-electron chi connectivity index (χ4n) is 2.43. The second-order valence-electron chi connectivity index (χ2n) is 6.67. The maximum Gasteiger partial charge on any atom is 0.401 e. The first kappa shape index (κ1) is 14.8. The van der Waals surface area contributed by atoms with E-state index >= 15 is 0 Å². The minimum atomic E-state index is -4.13. The van der Waals surface area contributed by atoms with E-state index < -0.39 is 12.7 Å². The van der Waals surface area contributed by atoms with Crippen molar-refractivity contribution in [2.24, 2.45) is 5.41 Å². The van der Waals surface area contributed by atoms with Crippen molar-refractivity contribution in [3.63, 3.8) is 0 Å². The zero-order chi connectivity index (χ0) is 13.5. The molecule has 1 atom stereocenters. The van der Waals surface area contributed by atoms with E-state index in [1.807, 2.05) is 34.6 Å². The highest BCUT2D eigenvalue weighted by Gasteiger charge is 2.43. The molecule has 1 N–H and O–H groups in total. The third-order valence-electron chi connectivity index (χ3n) is 3.20. The van der Waals surface area contributed by atoms with Crippen LogP contribution in [0.4, 0.5) is 13.2 Å². The molecule has 102 valence electrons. The molecule has 5 heteroatoms. The van der Waals surface area contributed by atoms with Crippen LogP contribution < -0.4 is 5.32 Å². The molecule has 0 saturated carbocycles. The lowest BCUT2D eigenvalue weighted by Gasteiger charge is -2.49. The average molecular weight is 252 g/mol. The maximum absolute atomic E-state index is 12.6. The Morgan fingerprint density at radius 3 is 2.18 bits per heavy atom. The minimum absolute atomic E-state index is 0.0860. The number of nitrogens with zero attached hydrogens (tertiary/aromatic N) is 1. The summed E-state index contributed by atoms with van der Waals surface area (Å²) in [4.78, 5) is 1.57. The lowest BCUT2D eigenvalue weighted by Crippen LogP contribution is -2.65. The van der Waals surface area contributed by atoms with Gasteiger partial charge in [0.25, 0.3) is 0 Å². The van der Waals surface area contributed by atoms with Gasteiger partial charge >= 0.3 is 6.18 Å². The summed E-state index contributed by atoms with van der Waals surface area (Å²) in [6.45, 7) is 10.1. The van der Waals surface area contributed by atoms with Gasteiger partial charge in [0.15, 0.2) is 0 Å². The lowest BCUT2D eigenvalue weighted by molar-refractivity contribution is -0.161. The van der Waals surface area contributed by atoms with Crippen molar-refractivity contribution < 1.29 is 13.2 Å². The summed E-state index contributed by atoms with van der Waals surface area (Å²) in [6.07, 6.45) is -4.13. The monoisotopic (exact) mass is 252 g/mol. The minimum Gasteiger partial charge on any atom is -0.309 e. The second kappa shape index (κ2) is 4.43. The van der Waals surface area contributed by atoms with Gasteiger partial charge in [-0.15, -0.1) is 0 Å². The molecule has 1 rings (SSSR count). The summed E-state index contributed by atoms with van der Waals surface area (Å²) in [5.74, 6) is 0. The van der Waals surface area contributed by atoms with Crippen molar-refractivity contribution in [1.82, 2.24) is 10.2 Å². The first-order valence-corrected chi connectivity index (χ1v) is 5.97. The Hall–Kier alpha value is -0.290. The molecule has 0 spiro atoms. The van der Waals surface area contributed by atoms with Gasteiger partial charge in [-0.3, -0.25) is 4.90 Å². The number of nitrogens with one attached hydrogen (secondary N) is 1. The van der Waals surface area contributed by atoms with E-state index in [9.17, 15) is 13.2 Å². The van der Waals surface area contributed by atoms with Crippen molar-refractivity contribution in [3.8, 4) is 0 Å². The van der Waals surface area contributed by atoms with Crippen LogP contribution in [0.3, 0.4) is 0 Å². The summed E-state index contributed by atoms with van der Waals surface area (Å²) < 4.78 is 37.8. The van der Waals surface area contributed by atoms with Crippen LogP contribution in [-0.4, -0.2) is 42.3 Å². The van der Waals surface area contributed by atoms with Crippen LogP contribution in [0, 0.1) is 5.41 Å². The molecule has 0 amide bonds. The highest BCUT2D eigenvalue weighted by molar-refractivity contribution is 4.97. The van der Waals surface area contributed by atoms with Gasteiger partial charge in [0, 0.05) is 24.7 Å². The van der Waals surface area contributed by atoms with Crippen molar-refractivity contribution in [3.05, 3.63) is 0 Å². The lowest BCUT2D eigenvalue weighted by atomic mass is 9.82. The average Bonchev–Trinajstić information content (AvgIpc) is 1.94. The van der Waals surface area contributed by atoms with Crippen LogP contribution in [0.2, 0.25) is 0 Å². The second-order valence-corrected chi connectivity index (χ2v) is 6.67. The summed E-state index contributed by atoms with van der Waals surface area (Å²) >= 11 is 0. The molecule has 1 aliphatic rings.